The van der Waals surface area contributed by atoms with E-state index in [0.29, 0.717) is 5.56 Å². The molecule has 2 aromatic rings. The van der Waals surface area contributed by atoms with Crippen LogP contribution in [-0.2, 0) is 0 Å². The molecule has 2 saturated heterocycles. The molecule has 2 aromatic carbocycles. The third kappa shape index (κ3) is 10.9. The largest absolute Gasteiger partial charge is 0.495 e. The first kappa shape index (κ1) is 32.8. The van der Waals surface area contributed by atoms with Crippen LogP contribution in [0, 0.1) is 28.7 Å². The van der Waals surface area contributed by atoms with E-state index < -0.39 is 16.1 Å². The van der Waals surface area contributed by atoms with Crippen LogP contribution in [0.5, 0.6) is 5.75 Å². The molecule has 2 aliphatic rings. The molecule has 222 valence electrons. The van der Waals surface area contributed by atoms with Gasteiger partial charge >= 0.3 is 0 Å². The molecule has 0 bridgehead atoms. The number of nitrogens with zero attached hydrogens (tertiary/aromatic N) is 4. The number of rotatable bonds is 3. The van der Waals surface area contributed by atoms with Crippen LogP contribution in [0.15, 0.2) is 36.4 Å². The lowest BCUT2D eigenvalue weighted by atomic mass is 10.1. The summed E-state index contributed by atoms with van der Waals surface area (Å²) >= 11 is 0. The van der Waals surface area contributed by atoms with Gasteiger partial charge in [-0.25, -0.2) is 4.39 Å². The summed E-state index contributed by atoms with van der Waals surface area (Å²) in [7, 11) is 3.17. The second kappa shape index (κ2) is 14.4. The zero-order valence-electron chi connectivity index (χ0n) is 26.7. The van der Waals surface area contributed by atoms with E-state index in [4.69, 9.17) is 4.74 Å². The Bertz CT molecular complexity index is 1280. The van der Waals surface area contributed by atoms with E-state index in [1.165, 1.54) is 5.69 Å². The first-order valence-corrected chi connectivity index (χ1v) is 21.6. The first-order valence-electron chi connectivity index (χ1n) is 14.6. The molecule has 41 heavy (non-hydrogen) atoms. The van der Waals surface area contributed by atoms with E-state index in [0.717, 1.165) is 69.4 Å². The molecule has 0 radical (unpaired) electrons. The number of likely N-dealkylation sites (N-methyl/N-ethyl adjacent to an activating group) is 2. The van der Waals surface area contributed by atoms with Crippen molar-refractivity contribution in [1.82, 2.24) is 9.80 Å². The van der Waals surface area contributed by atoms with Gasteiger partial charge in [-0.1, -0.05) is 51.1 Å². The van der Waals surface area contributed by atoms with Crippen molar-refractivity contribution in [2.75, 3.05) is 83.4 Å². The van der Waals surface area contributed by atoms with E-state index in [2.05, 4.69) is 108 Å². The molecule has 0 saturated carbocycles. The highest BCUT2D eigenvalue weighted by molar-refractivity contribution is 6.84. The van der Waals surface area contributed by atoms with Gasteiger partial charge in [-0.05, 0) is 50.5 Å². The average molecular weight is 593 g/mol. The number of halogens is 1. The topological polar surface area (TPSA) is 22.2 Å². The van der Waals surface area contributed by atoms with Gasteiger partial charge in [0.1, 0.15) is 27.7 Å². The molecule has 0 amide bonds. The zero-order valence-corrected chi connectivity index (χ0v) is 28.7. The van der Waals surface area contributed by atoms with Crippen LogP contribution in [0.2, 0.25) is 39.3 Å². The van der Waals surface area contributed by atoms with Crippen molar-refractivity contribution in [3.63, 3.8) is 0 Å². The van der Waals surface area contributed by atoms with Crippen LogP contribution in [0.25, 0.3) is 0 Å². The third-order valence-electron chi connectivity index (χ3n) is 7.01. The molecule has 2 heterocycles. The molecule has 0 aromatic heterocycles. The average Bonchev–Trinajstić information content (AvgIpc) is 2.92. The fraction of sp³-hybridized carbons (Fsp3) is 0.515. The summed E-state index contributed by atoms with van der Waals surface area (Å²) in [6.07, 6.45) is 0. The van der Waals surface area contributed by atoms with Crippen molar-refractivity contribution < 1.29 is 9.13 Å². The Hall–Kier alpha value is -2.76. The Kier molecular flexibility index (Phi) is 11.5. The van der Waals surface area contributed by atoms with Crippen LogP contribution in [0.4, 0.5) is 15.8 Å². The smallest absolute Gasteiger partial charge is 0.138 e. The summed E-state index contributed by atoms with van der Waals surface area (Å²) in [5, 5.41) is 0. The predicted molar refractivity (Wildman–Crippen MR) is 179 cm³/mol. The summed E-state index contributed by atoms with van der Waals surface area (Å²) in [4.78, 5) is 9.41. The quantitative estimate of drug-likeness (QED) is 0.347. The minimum Gasteiger partial charge on any atom is -0.495 e. The number of hydrogen-bond donors (Lipinski definition) is 0. The van der Waals surface area contributed by atoms with Crippen molar-refractivity contribution in [3.05, 3.63) is 53.3 Å². The number of methoxy groups -OCH3 is 1. The predicted octanol–water partition coefficient (Wildman–Crippen LogP) is 5.48. The summed E-state index contributed by atoms with van der Waals surface area (Å²) in [6.45, 7) is 21.7. The minimum absolute atomic E-state index is 0.214. The molecular weight excluding hydrogens is 544 g/mol. The third-order valence-corrected chi connectivity index (χ3v) is 8.76. The van der Waals surface area contributed by atoms with Crippen LogP contribution >= 0.6 is 0 Å². The number of benzene rings is 2. The van der Waals surface area contributed by atoms with Crippen LogP contribution in [0.1, 0.15) is 11.1 Å². The number of ether oxygens (including phenoxy) is 1. The summed E-state index contributed by atoms with van der Waals surface area (Å²) in [6, 6.07) is 11.7. The van der Waals surface area contributed by atoms with Crippen LogP contribution in [0.3, 0.4) is 0 Å². The SMILES string of the molecule is CN1CCN(c2ccc(F)c(C#C[Si](C)(C)C)c2)CC1.COc1ccc(N2CCN(C)CC2)cc1C#C[Si](C)(C)C. The molecule has 4 rings (SSSR count). The Morgan fingerprint density at radius 3 is 1.49 bits per heavy atom. The molecule has 0 N–H and O–H groups in total. The minimum atomic E-state index is -1.48. The van der Waals surface area contributed by atoms with E-state index >= 15 is 0 Å². The number of hydrogen-bond acceptors (Lipinski definition) is 5. The van der Waals surface area contributed by atoms with Gasteiger partial charge in [-0.3, -0.25) is 0 Å². The van der Waals surface area contributed by atoms with Gasteiger partial charge in [0, 0.05) is 63.7 Å². The summed E-state index contributed by atoms with van der Waals surface area (Å²) in [5.41, 5.74) is 10.5. The number of piperazine rings is 2. The fourth-order valence-corrected chi connectivity index (χ4v) is 5.45. The highest BCUT2D eigenvalue weighted by Gasteiger charge is 2.17. The van der Waals surface area contributed by atoms with Gasteiger partial charge < -0.3 is 24.3 Å². The Balaban J connectivity index is 0.000000226. The highest BCUT2D eigenvalue weighted by atomic mass is 28.3. The van der Waals surface area contributed by atoms with Crippen LogP contribution in [-0.4, -0.2) is 99.5 Å². The van der Waals surface area contributed by atoms with Gasteiger partial charge in [0.25, 0.3) is 0 Å². The maximum absolute atomic E-state index is 13.9. The Morgan fingerprint density at radius 1 is 0.634 bits per heavy atom. The Labute approximate surface area is 250 Å². The van der Waals surface area contributed by atoms with E-state index in [1.807, 2.05) is 18.2 Å². The van der Waals surface area contributed by atoms with Crippen LogP contribution < -0.4 is 14.5 Å². The van der Waals surface area contributed by atoms with E-state index in [1.54, 1.807) is 13.2 Å². The van der Waals surface area contributed by atoms with Crippen molar-refractivity contribution >= 4 is 27.5 Å². The van der Waals surface area contributed by atoms with Crippen molar-refractivity contribution in [1.29, 1.82) is 0 Å². The fourth-order valence-electron chi connectivity index (χ4n) is 4.44. The first-order chi connectivity index (χ1) is 19.2. The monoisotopic (exact) mass is 592 g/mol. The molecule has 2 aliphatic heterocycles. The normalized spacial score (nSPS) is 16.5. The lowest BCUT2D eigenvalue weighted by molar-refractivity contribution is 0.313. The Morgan fingerprint density at radius 2 is 1.05 bits per heavy atom. The molecule has 0 unspecified atom stereocenters. The molecule has 0 spiro atoms. The van der Waals surface area contributed by atoms with E-state index in [9.17, 15) is 4.39 Å². The van der Waals surface area contributed by atoms with Gasteiger partial charge in [0.05, 0.1) is 18.2 Å². The van der Waals surface area contributed by atoms with E-state index in [-0.39, 0.29) is 5.82 Å². The molecule has 2 fully saturated rings. The summed E-state index contributed by atoms with van der Waals surface area (Å²) in [5.74, 6) is 7.04. The van der Waals surface area contributed by atoms with Crippen molar-refractivity contribution in [3.8, 4) is 28.7 Å². The molecule has 0 atom stereocenters. The lowest BCUT2D eigenvalue weighted by Gasteiger charge is -2.34. The van der Waals surface area contributed by atoms with Gasteiger partial charge in [0.2, 0.25) is 0 Å². The second-order valence-corrected chi connectivity index (χ2v) is 22.6. The molecular formula is C33H49FN4OSi2. The lowest BCUT2D eigenvalue weighted by Crippen LogP contribution is -2.44. The maximum atomic E-state index is 13.9. The van der Waals surface area contributed by atoms with Crippen molar-refractivity contribution in [2.45, 2.75) is 39.3 Å². The standard InChI is InChI=1S/C17H26N2OSi.C16H23FN2Si/c1-18-9-11-19(12-10-18)16-6-7-17(20-2)15(14-16)8-13-21(3,4)5;1-18-8-10-19(11-9-18)15-5-6-16(17)14(13-15)7-12-20(2,3)4/h6-7,14H,9-12H2,1-5H3;5-6,13H,8-11H2,1-4H3. The highest BCUT2D eigenvalue weighted by Crippen LogP contribution is 2.25. The molecule has 5 nitrogen and oxygen atoms in total. The van der Waals surface area contributed by atoms with Gasteiger partial charge in [-0.2, -0.15) is 0 Å². The summed E-state index contributed by atoms with van der Waals surface area (Å²) < 4.78 is 19.3. The second-order valence-electron chi connectivity index (χ2n) is 13.1. The van der Waals surface area contributed by atoms with Gasteiger partial charge in [-0.15, -0.1) is 11.1 Å². The van der Waals surface area contributed by atoms with Gasteiger partial charge in [0.15, 0.2) is 0 Å². The zero-order chi connectivity index (χ0) is 30.2. The number of anilines is 2. The van der Waals surface area contributed by atoms with Crippen molar-refractivity contribution in [2.24, 2.45) is 0 Å². The maximum Gasteiger partial charge on any atom is 0.138 e. The molecule has 8 heteroatoms. The molecule has 0 aliphatic carbocycles.